The lowest BCUT2D eigenvalue weighted by Crippen LogP contribution is -2.47. The fourth-order valence-corrected chi connectivity index (χ4v) is 2.09. The van der Waals surface area contributed by atoms with Gasteiger partial charge in [-0.2, -0.15) is 0 Å². The second-order valence-corrected chi connectivity index (χ2v) is 4.47. The Kier molecular flexibility index (Phi) is 5.77. The first kappa shape index (κ1) is 13.5. The molecule has 4 heteroatoms. The van der Waals surface area contributed by atoms with Crippen LogP contribution in [0.15, 0.2) is 0 Å². The molecule has 1 heterocycles. The van der Waals surface area contributed by atoms with E-state index in [9.17, 15) is 4.79 Å². The molecular weight excluding hydrogens is 206 g/mol. The Labute approximate surface area is 97.9 Å². The average Bonchev–Trinajstić information content (AvgIpc) is 2.27. The summed E-state index contributed by atoms with van der Waals surface area (Å²) in [5.41, 5.74) is 0. The molecule has 94 valence electrons. The minimum Gasteiger partial charge on any atom is -0.466 e. The topological polar surface area (TPSA) is 38.8 Å². The van der Waals surface area contributed by atoms with Gasteiger partial charge in [0.05, 0.1) is 26.2 Å². The molecule has 1 aliphatic rings. The number of ether oxygens (including phenoxy) is 2. The minimum absolute atomic E-state index is 0.0901. The molecule has 1 saturated heterocycles. The summed E-state index contributed by atoms with van der Waals surface area (Å²) in [6, 6.07) is 0.281. The van der Waals surface area contributed by atoms with Crippen molar-refractivity contribution in [2.45, 2.75) is 33.2 Å². The lowest BCUT2D eigenvalue weighted by atomic mass is 9.99. The van der Waals surface area contributed by atoms with Crippen LogP contribution in [-0.4, -0.2) is 49.8 Å². The van der Waals surface area contributed by atoms with Crippen LogP contribution < -0.4 is 0 Å². The Hall–Kier alpha value is -0.610. The Balaban J connectivity index is 2.48. The SMILES string of the molecule is CCOC(=O)CC(C(C)C)N1CCOCC1. The molecule has 1 rings (SSSR count). The van der Waals surface area contributed by atoms with Crippen molar-refractivity contribution in [3.8, 4) is 0 Å². The zero-order valence-corrected chi connectivity index (χ0v) is 10.6. The summed E-state index contributed by atoms with van der Waals surface area (Å²) in [6.07, 6.45) is 0.492. The van der Waals surface area contributed by atoms with Crippen LogP contribution in [0.25, 0.3) is 0 Å². The van der Waals surface area contributed by atoms with E-state index in [2.05, 4.69) is 18.7 Å². The van der Waals surface area contributed by atoms with Crippen molar-refractivity contribution in [1.82, 2.24) is 4.90 Å². The highest BCUT2D eigenvalue weighted by Crippen LogP contribution is 2.16. The van der Waals surface area contributed by atoms with Gasteiger partial charge in [0.25, 0.3) is 0 Å². The van der Waals surface area contributed by atoms with Gasteiger partial charge >= 0.3 is 5.97 Å². The second kappa shape index (κ2) is 6.86. The largest absolute Gasteiger partial charge is 0.466 e. The van der Waals surface area contributed by atoms with Crippen molar-refractivity contribution < 1.29 is 14.3 Å². The van der Waals surface area contributed by atoms with Crippen molar-refractivity contribution in [2.75, 3.05) is 32.9 Å². The van der Waals surface area contributed by atoms with E-state index in [0.29, 0.717) is 18.9 Å². The van der Waals surface area contributed by atoms with Gasteiger partial charge < -0.3 is 9.47 Å². The summed E-state index contributed by atoms with van der Waals surface area (Å²) in [5, 5.41) is 0. The number of morpholine rings is 1. The first-order chi connectivity index (χ1) is 7.65. The molecule has 0 bridgehead atoms. The summed E-state index contributed by atoms with van der Waals surface area (Å²) in [4.78, 5) is 13.9. The summed E-state index contributed by atoms with van der Waals surface area (Å²) in [5.74, 6) is 0.371. The number of hydrogen-bond donors (Lipinski definition) is 0. The quantitative estimate of drug-likeness (QED) is 0.666. The van der Waals surface area contributed by atoms with Crippen LogP contribution in [0.4, 0.5) is 0 Å². The summed E-state index contributed by atoms with van der Waals surface area (Å²) in [6.45, 7) is 9.99. The highest BCUT2D eigenvalue weighted by atomic mass is 16.5. The van der Waals surface area contributed by atoms with E-state index in [1.807, 2.05) is 6.92 Å². The molecule has 0 saturated carbocycles. The lowest BCUT2D eigenvalue weighted by Gasteiger charge is -2.36. The molecule has 0 N–H and O–H groups in total. The minimum atomic E-state index is -0.0901. The standard InChI is InChI=1S/C12H23NO3/c1-4-16-12(14)9-11(10(2)3)13-5-7-15-8-6-13/h10-11H,4-9H2,1-3H3. The van der Waals surface area contributed by atoms with Crippen LogP contribution in [0.1, 0.15) is 27.2 Å². The molecule has 4 nitrogen and oxygen atoms in total. The van der Waals surface area contributed by atoms with Crippen LogP contribution in [0.3, 0.4) is 0 Å². The molecule has 0 spiro atoms. The second-order valence-electron chi connectivity index (χ2n) is 4.47. The zero-order valence-electron chi connectivity index (χ0n) is 10.6. The number of rotatable bonds is 5. The molecule has 1 unspecified atom stereocenters. The van der Waals surface area contributed by atoms with E-state index in [4.69, 9.17) is 9.47 Å². The molecule has 1 atom stereocenters. The van der Waals surface area contributed by atoms with Crippen molar-refractivity contribution in [2.24, 2.45) is 5.92 Å². The Morgan fingerprint density at radius 2 is 2.00 bits per heavy atom. The van der Waals surface area contributed by atoms with Gasteiger partial charge in [-0.15, -0.1) is 0 Å². The van der Waals surface area contributed by atoms with Gasteiger partial charge in [-0.05, 0) is 12.8 Å². The Morgan fingerprint density at radius 1 is 1.38 bits per heavy atom. The van der Waals surface area contributed by atoms with E-state index in [1.54, 1.807) is 0 Å². The van der Waals surface area contributed by atoms with Crippen LogP contribution in [0.5, 0.6) is 0 Å². The molecule has 16 heavy (non-hydrogen) atoms. The first-order valence-corrected chi connectivity index (χ1v) is 6.12. The molecule has 0 aromatic carbocycles. The maximum Gasteiger partial charge on any atom is 0.307 e. The van der Waals surface area contributed by atoms with Gasteiger partial charge in [0, 0.05) is 19.1 Å². The maximum atomic E-state index is 11.5. The number of nitrogens with zero attached hydrogens (tertiary/aromatic N) is 1. The van der Waals surface area contributed by atoms with Crippen molar-refractivity contribution in [3.63, 3.8) is 0 Å². The van der Waals surface area contributed by atoms with Crippen molar-refractivity contribution in [3.05, 3.63) is 0 Å². The molecule has 0 aliphatic carbocycles. The van der Waals surface area contributed by atoms with E-state index in [1.165, 1.54) is 0 Å². The van der Waals surface area contributed by atoms with E-state index < -0.39 is 0 Å². The smallest absolute Gasteiger partial charge is 0.307 e. The Morgan fingerprint density at radius 3 is 2.50 bits per heavy atom. The number of carbonyl (C=O) groups excluding carboxylic acids is 1. The third kappa shape index (κ3) is 4.10. The van der Waals surface area contributed by atoms with Gasteiger partial charge in [0.15, 0.2) is 0 Å². The maximum absolute atomic E-state index is 11.5. The van der Waals surface area contributed by atoms with Gasteiger partial charge in [0.2, 0.25) is 0 Å². The number of esters is 1. The molecule has 0 amide bonds. The van der Waals surface area contributed by atoms with Crippen LogP contribution >= 0.6 is 0 Å². The lowest BCUT2D eigenvalue weighted by molar-refractivity contribution is -0.145. The predicted molar refractivity (Wildman–Crippen MR) is 62.3 cm³/mol. The van der Waals surface area contributed by atoms with Crippen LogP contribution in [0, 0.1) is 5.92 Å². The Bertz CT molecular complexity index is 212. The van der Waals surface area contributed by atoms with Crippen molar-refractivity contribution >= 4 is 5.97 Å². The molecule has 0 radical (unpaired) electrons. The van der Waals surface area contributed by atoms with Gasteiger partial charge in [-0.3, -0.25) is 9.69 Å². The number of hydrogen-bond acceptors (Lipinski definition) is 4. The molecule has 0 aromatic heterocycles. The average molecular weight is 229 g/mol. The third-order valence-electron chi connectivity index (χ3n) is 2.97. The van der Waals surface area contributed by atoms with Gasteiger partial charge in [-0.25, -0.2) is 0 Å². The van der Waals surface area contributed by atoms with Crippen LogP contribution in [-0.2, 0) is 14.3 Å². The predicted octanol–water partition coefficient (Wildman–Crippen LogP) is 1.30. The molecule has 1 aliphatic heterocycles. The highest BCUT2D eigenvalue weighted by Gasteiger charge is 2.26. The highest BCUT2D eigenvalue weighted by molar-refractivity contribution is 5.70. The summed E-state index contributed by atoms with van der Waals surface area (Å²) >= 11 is 0. The molecular formula is C12H23NO3. The fraction of sp³-hybridized carbons (Fsp3) is 0.917. The first-order valence-electron chi connectivity index (χ1n) is 6.12. The normalized spacial score (nSPS) is 19.8. The fourth-order valence-electron chi connectivity index (χ4n) is 2.09. The van der Waals surface area contributed by atoms with E-state index >= 15 is 0 Å². The van der Waals surface area contributed by atoms with Gasteiger partial charge in [-0.1, -0.05) is 13.8 Å². The van der Waals surface area contributed by atoms with Crippen LogP contribution in [0.2, 0.25) is 0 Å². The summed E-state index contributed by atoms with van der Waals surface area (Å²) < 4.78 is 10.3. The monoisotopic (exact) mass is 229 g/mol. The third-order valence-corrected chi connectivity index (χ3v) is 2.97. The van der Waals surface area contributed by atoms with Crippen molar-refractivity contribution in [1.29, 1.82) is 0 Å². The van der Waals surface area contributed by atoms with Gasteiger partial charge in [0.1, 0.15) is 0 Å². The van der Waals surface area contributed by atoms with E-state index in [-0.39, 0.29) is 12.0 Å². The zero-order chi connectivity index (χ0) is 12.0. The molecule has 1 fully saturated rings. The molecule has 0 aromatic rings. The summed E-state index contributed by atoms with van der Waals surface area (Å²) in [7, 11) is 0. The number of carbonyl (C=O) groups is 1. The van der Waals surface area contributed by atoms with E-state index in [0.717, 1.165) is 26.3 Å².